The molecule has 0 saturated heterocycles. The molecule has 0 radical (unpaired) electrons. The van der Waals surface area contributed by atoms with Crippen molar-refractivity contribution in [2.24, 2.45) is 0 Å². The van der Waals surface area contributed by atoms with Gasteiger partial charge < -0.3 is 0 Å². The fraction of sp³-hybridized carbons (Fsp3) is 0.100. The highest BCUT2D eigenvalue weighted by Gasteiger charge is 2.07. The van der Waals surface area contributed by atoms with Gasteiger partial charge in [-0.25, -0.2) is 14.1 Å². The molecule has 2 aromatic rings. The Hall–Kier alpha value is -1.93. The van der Waals surface area contributed by atoms with Gasteiger partial charge in [0, 0.05) is 5.56 Å². The molecule has 6 heteroatoms. The largest absolute Gasteiger partial charge is 0.252 e. The number of rotatable bonds is 2. The molecule has 2 rings (SSSR count). The van der Waals surface area contributed by atoms with E-state index in [1.807, 2.05) is 0 Å². The van der Waals surface area contributed by atoms with E-state index >= 15 is 0 Å². The van der Waals surface area contributed by atoms with Gasteiger partial charge in [-0.15, -0.1) is 5.10 Å². The Morgan fingerprint density at radius 2 is 2.31 bits per heavy atom. The first-order chi connectivity index (χ1) is 7.70. The number of halogens is 2. The highest BCUT2D eigenvalue weighted by Crippen LogP contribution is 2.18. The Bertz CT molecular complexity index is 558. The molecule has 0 aliphatic rings. The molecule has 0 aliphatic carbocycles. The van der Waals surface area contributed by atoms with Gasteiger partial charge >= 0.3 is 0 Å². The fourth-order valence-electron chi connectivity index (χ4n) is 1.27. The van der Waals surface area contributed by atoms with E-state index in [1.54, 1.807) is 18.2 Å². The van der Waals surface area contributed by atoms with E-state index in [-0.39, 0.29) is 17.4 Å². The van der Waals surface area contributed by atoms with Crippen LogP contribution in [0.3, 0.4) is 0 Å². The number of hydrogen-bond acceptors (Lipinski definition) is 3. The number of nitrogens with zero attached hydrogens (tertiary/aromatic N) is 4. The summed E-state index contributed by atoms with van der Waals surface area (Å²) in [5.74, 6) is -0.416. The quantitative estimate of drug-likeness (QED) is 0.801. The van der Waals surface area contributed by atoms with Crippen molar-refractivity contribution >= 4 is 11.6 Å². The van der Waals surface area contributed by atoms with Crippen LogP contribution in [-0.4, -0.2) is 14.8 Å². The monoisotopic (exact) mass is 236 g/mol. The second-order valence-electron chi connectivity index (χ2n) is 3.09. The van der Waals surface area contributed by atoms with Gasteiger partial charge in [0.1, 0.15) is 18.2 Å². The van der Waals surface area contributed by atoms with Crippen LogP contribution in [-0.2, 0) is 6.54 Å². The van der Waals surface area contributed by atoms with Gasteiger partial charge in [0.05, 0.1) is 11.6 Å². The molecule has 0 N–H and O–H groups in total. The molecule has 4 nitrogen and oxygen atoms in total. The van der Waals surface area contributed by atoms with E-state index in [0.29, 0.717) is 5.56 Å². The lowest BCUT2D eigenvalue weighted by Gasteiger charge is -2.03. The summed E-state index contributed by atoms with van der Waals surface area (Å²) in [6.07, 6.45) is 1.37. The molecule has 1 aromatic heterocycles. The van der Waals surface area contributed by atoms with Crippen molar-refractivity contribution in [3.63, 3.8) is 0 Å². The van der Waals surface area contributed by atoms with Crippen LogP contribution < -0.4 is 0 Å². The zero-order valence-corrected chi connectivity index (χ0v) is 8.82. The second kappa shape index (κ2) is 4.29. The first kappa shape index (κ1) is 10.6. The van der Waals surface area contributed by atoms with Gasteiger partial charge in [-0.05, 0) is 6.07 Å². The SMILES string of the molecule is N#Cc1ncn(Cc2cccc(Cl)c2F)n1. The molecule has 1 heterocycles. The molecule has 1 aromatic carbocycles. The average Bonchev–Trinajstić information content (AvgIpc) is 2.73. The summed E-state index contributed by atoms with van der Waals surface area (Å²) in [5, 5.41) is 12.4. The van der Waals surface area contributed by atoms with Crippen molar-refractivity contribution in [2.75, 3.05) is 0 Å². The van der Waals surface area contributed by atoms with Gasteiger partial charge in [0.15, 0.2) is 0 Å². The van der Waals surface area contributed by atoms with Crippen LogP contribution in [0.15, 0.2) is 24.5 Å². The predicted molar refractivity (Wildman–Crippen MR) is 55.2 cm³/mol. The van der Waals surface area contributed by atoms with Gasteiger partial charge in [0.2, 0.25) is 0 Å². The lowest BCUT2D eigenvalue weighted by molar-refractivity contribution is 0.584. The fourth-order valence-corrected chi connectivity index (χ4v) is 1.46. The second-order valence-corrected chi connectivity index (χ2v) is 3.50. The molecule has 0 bridgehead atoms. The Balaban J connectivity index is 2.27. The zero-order chi connectivity index (χ0) is 11.5. The van der Waals surface area contributed by atoms with Crippen LogP contribution in [0, 0.1) is 17.1 Å². The Morgan fingerprint density at radius 3 is 3.00 bits per heavy atom. The zero-order valence-electron chi connectivity index (χ0n) is 8.06. The first-order valence-corrected chi connectivity index (χ1v) is 4.81. The summed E-state index contributed by atoms with van der Waals surface area (Å²) < 4.78 is 14.9. The summed E-state index contributed by atoms with van der Waals surface area (Å²) in [7, 11) is 0. The number of benzene rings is 1. The molecule has 0 fully saturated rings. The number of nitriles is 1. The lowest BCUT2D eigenvalue weighted by atomic mass is 10.2. The first-order valence-electron chi connectivity index (χ1n) is 4.43. The Labute approximate surface area is 95.9 Å². The van der Waals surface area contributed by atoms with Crippen LogP contribution in [0.4, 0.5) is 4.39 Å². The van der Waals surface area contributed by atoms with Crippen LogP contribution in [0.5, 0.6) is 0 Å². The molecule has 0 unspecified atom stereocenters. The molecule has 0 spiro atoms. The molecule has 80 valence electrons. The number of hydrogen-bond donors (Lipinski definition) is 0. The van der Waals surface area contributed by atoms with Crippen molar-refractivity contribution < 1.29 is 4.39 Å². The maximum atomic E-state index is 13.5. The third kappa shape index (κ3) is 2.02. The third-order valence-electron chi connectivity index (χ3n) is 2.00. The normalized spacial score (nSPS) is 10.1. The number of aromatic nitrogens is 3. The molecule has 0 saturated carbocycles. The van der Waals surface area contributed by atoms with Crippen LogP contribution in [0.2, 0.25) is 5.02 Å². The summed E-state index contributed by atoms with van der Waals surface area (Å²) in [6.45, 7) is 0.196. The molecular weight excluding hydrogens is 231 g/mol. The Morgan fingerprint density at radius 1 is 1.50 bits per heavy atom. The van der Waals surface area contributed by atoms with Crippen LogP contribution in [0.1, 0.15) is 11.4 Å². The maximum absolute atomic E-state index is 13.5. The topological polar surface area (TPSA) is 54.5 Å². The molecule has 16 heavy (non-hydrogen) atoms. The Kier molecular flexibility index (Phi) is 2.84. The molecular formula is C10H6ClFN4. The van der Waals surface area contributed by atoms with Gasteiger partial charge in [0.25, 0.3) is 5.82 Å². The highest BCUT2D eigenvalue weighted by molar-refractivity contribution is 6.30. The van der Waals surface area contributed by atoms with Crippen molar-refractivity contribution in [3.8, 4) is 6.07 Å². The van der Waals surface area contributed by atoms with E-state index in [4.69, 9.17) is 16.9 Å². The third-order valence-corrected chi connectivity index (χ3v) is 2.29. The summed E-state index contributed by atoms with van der Waals surface area (Å²) in [6, 6.07) is 6.53. The minimum absolute atomic E-state index is 0.0578. The summed E-state index contributed by atoms with van der Waals surface area (Å²) in [5.41, 5.74) is 0.405. The van der Waals surface area contributed by atoms with E-state index in [1.165, 1.54) is 17.1 Å². The average molecular weight is 237 g/mol. The molecule has 0 amide bonds. The smallest absolute Gasteiger partial charge is 0.247 e. The minimum Gasteiger partial charge on any atom is -0.247 e. The molecule has 0 atom stereocenters. The van der Waals surface area contributed by atoms with Crippen LogP contribution in [0.25, 0.3) is 0 Å². The maximum Gasteiger partial charge on any atom is 0.252 e. The van der Waals surface area contributed by atoms with Gasteiger partial charge in [-0.2, -0.15) is 5.26 Å². The lowest BCUT2D eigenvalue weighted by Crippen LogP contribution is -2.03. The standard InChI is InChI=1S/C10H6ClFN4/c11-8-3-1-2-7(10(8)12)5-16-6-14-9(4-13)15-16/h1-3,6H,5H2. The van der Waals surface area contributed by atoms with Crippen molar-refractivity contribution in [1.82, 2.24) is 14.8 Å². The van der Waals surface area contributed by atoms with Gasteiger partial charge in [-0.3, -0.25) is 0 Å². The van der Waals surface area contributed by atoms with E-state index in [2.05, 4.69) is 10.1 Å². The summed E-state index contributed by atoms with van der Waals surface area (Å²) >= 11 is 5.64. The predicted octanol–water partition coefficient (Wildman–Crippen LogP) is 1.99. The van der Waals surface area contributed by atoms with E-state index < -0.39 is 5.82 Å². The van der Waals surface area contributed by atoms with E-state index in [0.717, 1.165) is 0 Å². The molecule has 0 aliphatic heterocycles. The van der Waals surface area contributed by atoms with E-state index in [9.17, 15) is 4.39 Å². The van der Waals surface area contributed by atoms with Crippen molar-refractivity contribution in [3.05, 3.63) is 46.8 Å². The van der Waals surface area contributed by atoms with Crippen molar-refractivity contribution in [1.29, 1.82) is 5.26 Å². The van der Waals surface area contributed by atoms with Crippen LogP contribution >= 0.6 is 11.6 Å². The van der Waals surface area contributed by atoms with Crippen molar-refractivity contribution in [2.45, 2.75) is 6.54 Å². The van der Waals surface area contributed by atoms with Gasteiger partial charge in [-0.1, -0.05) is 23.7 Å². The highest BCUT2D eigenvalue weighted by atomic mass is 35.5. The summed E-state index contributed by atoms with van der Waals surface area (Å²) in [4.78, 5) is 3.72. The minimum atomic E-state index is -0.474.